The summed E-state index contributed by atoms with van der Waals surface area (Å²) in [6, 6.07) is 0. The molecule has 0 heterocycles. The Morgan fingerprint density at radius 2 is 0.875 bits per heavy atom. The van der Waals surface area contributed by atoms with Gasteiger partial charge in [-0.1, -0.05) is 0 Å². The van der Waals surface area contributed by atoms with Gasteiger partial charge in [0.2, 0.25) is 0 Å². The summed E-state index contributed by atoms with van der Waals surface area (Å²) < 4.78 is 0. The molecule has 0 atom stereocenters. The first-order chi connectivity index (χ1) is 2.00. The Labute approximate surface area is 125 Å². The van der Waals surface area contributed by atoms with Gasteiger partial charge in [0, 0.05) is 105 Å². The summed E-state index contributed by atoms with van der Waals surface area (Å²) in [5, 5.41) is 0. The molecule has 0 aliphatic rings. The quantitative estimate of drug-likeness (QED) is 0.462. The molecule has 0 aliphatic carbocycles. The van der Waals surface area contributed by atoms with Crippen molar-refractivity contribution in [3.63, 3.8) is 0 Å². The van der Waals surface area contributed by atoms with Crippen molar-refractivity contribution in [2.75, 3.05) is 0 Å². The van der Waals surface area contributed by atoms with Crippen LogP contribution in [0.4, 0.5) is 0 Å². The van der Waals surface area contributed by atoms with Gasteiger partial charge in [-0.3, -0.25) is 0 Å². The maximum Gasteiger partial charge on any atom is 0.489 e. The molecule has 0 unspecified atom stereocenters. The molecule has 41 valence electrons. The van der Waals surface area contributed by atoms with Crippen LogP contribution < -0.4 is 0 Å². The zero-order chi connectivity index (χ0) is 4.50. The van der Waals surface area contributed by atoms with Crippen LogP contribution in [-0.4, -0.2) is 23.2 Å². The van der Waals surface area contributed by atoms with Gasteiger partial charge in [-0.05, 0) is 0 Å². The summed E-state index contributed by atoms with van der Waals surface area (Å²) in [6.45, 7) is 0.993. The smallest absolute Gasteiger partial charge is 0.390 e. The molecule has 7 heteroatoms. The molecular weight excluding hydrogens is 355 g/mol. The third kappa shape index (κ3) is 57.3. The first-order valence-electron chi connectivity index (χ1n) is 1.17. The second-order valence-electron chi connectivity index (χ2n) is 0.971. The summed E-state index contributed by atoms with van der Waals surface area (Å²) >= 11 is 0. The van der Waals surface area contributed by atoms with E-state index in [4.69, 9.17) is 14.4 Å². The van der Waals surface area contributed by atoms with Crippen LogP contribution in [0.15, 0.2) is 0 Å². The van der Waals surface area contributed by atoms with Crippen LogP contribution in [0.3, 0.4) is 0 Å². The van der Waals surface area contributed by atoms with Crippen molar-refractivity contribution in [1.82, 2.24) is 0 Å². The van der Waals surface area contributed by atoms with E-state index in [1.54, 1.807) is 0 Å². The standard InChI is InChI=1S/CH6O3Si.3Y/c1-5(2,3)4;;;/h2-4H,1H3;;;. The van der Waals surface area contributed by atoms with Gasteiger partial charge in [0.1, 0.15) is 0 Å². The van der Waals surface area contributed by atoms with Crippen molar-refractivity contribution in [3.8, 4) is 0 Å². The molecule has 0 fully saturated rings. The molecule has 0 spiro atoms. The maximum atomic E-state index is 7.77. The van der Waals surface area contributed by atoms with Crippen molar-refractivity contribution in [2.24, 2.45) is 0 Å². The number of hydrogen-bond acceptors (Lipinski definition) is 3. The van der Waals surface area contributed by atoms with Crippen LogP contribution >= 0.6 is 0 Å². The van der Waals surface area contributed by atoms with Crippen molar-refractivity contribution in [3.05, 3.63) is 0 Å². The van der Waals surface area contributed by atoms with E-state index in [0.29, 0.717) is 0 Å². The van der Waals surface area contributed by atoms with Gasteiger partial charge in [0.25, 0.3) is 0 Å². The molecular formula is CH6O3SiY3. The van der Waals surface area contributed by atoms with Crippen LogP contribution in [0.25, 0.3) is 0 Å². The molecule has 0 aromatic heterocycles. The Morgan fingerprint density at radius 3 is 0.875 bits per heavy atom. The van der Waals surface area contributed by atoms with Gasteiger partial charge in [0.05, 0.1) is 0 Å². The first-order valence-corrected chi connectivity index (χ1v) is 3.51. The molecule has 0 aliphatic heterocycles. The first kappa shape index (κ1) is 22.5. The summed E-state index contributed by atoms with van der Waals surface area (Å²) in [5.41, 5.74) is 0. The summed E-state index contributed by atoms with van der Waals surface area (Å²) in [6.07, 6.45) is 0. The molecule has 0 rings (SSSR count). The Balaban J connectivity index is -0.0000000267. The van der Waals surface area contributed by atoms with E-state index in [2.05, 4.69) is 0 Å². The molecule has 0 amide bonds. The zero-order valence-electron chi connectivity index (χ0n) is 4.57. The molecule has 0 aromatic carbocycles. The molecule has 3 nitrogen and oxygen atoms in total. The van der Waals surface area contributed by atoms with Gasteiger partial charge < -0.3 is 14.4 Å². The van der Waals surface area contributed by atoms with E-state index in [9.17, 15) is 0 Å². The molecule has 3 N–H and O–H groups in total. The fraction of sp³-hybridized carbons (Fsp3) is 1.00. The SMILES string of the molecule is C[Si](O)(O)O.[Y].[Y].[Y]. The topological polar surface area (TPSA) is 60.7 Å². The van der Waals surface area contributed by atoms with E-state index in [0.717, 1.165) is 6.55 Å². The normalized spacial score (nSPS) is 7.50. The second kappa shape index (κ2) is 10.4. The van der Waals surface area contributed by atoms with Gasteiger partial charge in [0.15, 0.2) is 0 Å². The van der Waals surface area contributed by atoms with Gasteiger partial charge >= 0.3 is 8.80 Å². The van der Waals surface area contributed by atoms with E-state index < -0.39 is 8.80 Å². The summed E-state index contributed by atoms with van der Waals surface area (Å²) in [4.78, 5) is 23.3. The Bertz CT molecular complexity index is 30.0. The minimum absolute atomic E-state index is 0. The number of rotatable bonds is 0. The van der Waals surface area contributed by atoms with E-state index >= 15 is 0 Å². The van der Waals surface area contributed by atoms with Crippen LogP contribution in [0.5, 0.6) is 0 Å². The number of hydrogen-bond donors (Lipinski definition) is 3. The average molecular weight is 361 g/mol. The van der Waals surface area contributed by atoms with Crippen molar-refractivity contribution >= 4 is 8.80 Å². The molecule has 0 saturated heterocycles. The molecule has 3 radical (unpaired) electrons. The van der Waals surface area contributed by atoms with Crippen LogP contribution in [0.2, 0.25) is 6.55 Å². The zero-order valence-corrected chi connectivity index (χ0v) is 14.1. The van der Waals surface area contributed by atoms with Crippen molar-refractivity contribution in [1.29, 1.82) is 0 Å². The molecule has 8 heavy (non-hydrogen) atoms. The van der Waals surface area contributed by atoms with Crippen LogP contribution in [0.1, 0.15) is 0 Å². The third-order valence-corrected chi connectivity index (χ3v) is 0. The van der Waals surface area contributed by atoms with Gasteiger partial charge in [-0.15, -0.1) is 0 Å². The van der Waals surface area contributed by atoms with Crippen LogP contribution in [0, 0.1) is 0 Å². The molecule has 0 aromatic rings. The Morgan fingerprint density at radius 1 is 0.875 bits per heavy atom. The monoisotopic (exact) mass is 361 g/mol. The third-order valence-electron chi connectivity index (χ3n) is 0. The predicted molar refractivity (Wildman–Crippen MR) is 18.3 cm³/mol. The minimum atomic E-state index is -3.61. The Kier molecular flexibility index (Phi) is 29.3. The van der Waals surface area contributed by atoms with Crippen molar-refractivity contribution < 1.29 is 113 Å². The largest absolute Gasteiger partial charge is 0.489 e. The molecule has 0 saturated carbocycles. The average Bonchev–Trinajstić information content (AvgIpc) is 0.722. The van der Waals surface area contributed by atoms with Gasteiger partial charge in [-0.25, -0.2) is 0 Å². The van der Waals surface area contributed by atoms with E-state index in [1.165, 1.54) is 0 Å². The second-order valence-corrected chi connectivity index (χ2v) is 2.91. The summed E-state index contributed by atoms with van der Waals surface area (Å²) in [7, 11) is -3.61. The van der Waals surface area contributed by atoms with Crippen LogP contribution in [-0.2, 0) is 98.1 Å². The predicted octanol–water partition coefficient (Wildman–Crippen LogP) is -1.48. The fourth-order valence-corrected chi connectivity index (χ4v) is 0. The van der Waals surface area contributed by atoms with Crippen molar-refractivity contribution in [2.45, 2.75) is 6.55 Å². The maximum absolute atomic E-state index is 7.77. The van der Waals surface area contributed by atoms with E-state index in [1.807, 2.05) is 0 Å². The van der Waals surface area contributed by atoms with E-state index in [-0.39, 0.29) is 98.1 Å². The Hall–Kier alpha value is 3.41. The minimum Gasteiger partial charge on any atom is -0.390 e. The summed E-state index contributed by atoms with van der Waals surface area (Å²) in [5.74, 6) is 0. The molecule has 0 bridgehead atoms. The fourth-order valence-electron chi connectivity index (χ4n) is 0. The van der Waals surface area contributed by atoms with Gasteiger partial charge in [-0.2, -0.15) is 0 Å².